The molecule has 2 aromatic rings. The Labute approximate surface area is 159 Å². The number of piperidine rings is 1. The van der Waals surface area contributed by atoms with E-state index in [1.54, 1.807) is 43.0 Å². The number of nitrogens with zero attached hydrogens (tertiary/aromatic N) is 1. The first-order valence-electron chi connectivity index (χ1n) is 8.99. The Morgan fingerprint density at radius 1 is 1.11 bits per heavy atom. The minimum absolute atomic E-state index is 0.00137. The Bertz CT molecular complexity index is 944. The summed E-state index contributed by atoms with van der Waals surface area (Å²) in [5.41, 5.74) is 1.55. The molecule has 1 aromatic heterocycles. The van der Waals surface area contributed by atoms with E-state index in [1.807, 2.05) is 0 Å². The van der Waals surface area contributed by atoms with Gasteiger partial charge in [-0.3, -0.25) is 9.52 Å². The topological polar surface area (TPSA) is 91.5 Å². The first-order valence-corrected chi connectivity index (χ1v) is 10.5. The van der Waals surface area contributed by atoms with E-state index < -0.39 is 10.0 Å². The molecule has 7 nitrogen and oxygen atoms in total. The molecule has 0 saturated carbocycles. The number of hydrogen-bond donors (Lipinski definition) is 2. The highest BCUT2D eigenvalue weighted by molar-refractivity contribution is 7.92. The summed E-state index contributed by atoms with van der Waals surface area (Å²) in [5, 5.41) is 0. The van der Waals surface area contributed by atoms with Crippen molar-refractivity contribution in [2.45, 2.75) is 38.0 Å². The molecule has 0 radical (unpaired) electrons. The lowest BCUT2D eigenvalue weighted by Gasteiger charge is -2.27. The van der Waals surface area contributed by atoms with Gasteiger partial charge in [-0.2, -0.15) is 0 Å². The van der Waals surface area contributed by atoms with Crippen LogP contribution in [0.25, 0.3) is 0 Å². The molecule has 1 aromatic carbocycles. The van der Waals surface area contributed by atoms with Gasteiger partial charge >= 0.3 is 0 Å². The minimum Gasteiger partial charge on any atom is -0.495 e. The van der Waals surface area contributed by atoms with E-state index >= 15 is 0 Å². The maximum absolute atomic E-state index is 13.2. The summed E-state index contributed by atoms with van der Waals surface area (Å²) in [6.45, 7) is 4.70. The number of carbonyl (C=O) groups is 1. The fourth-order valence-corrected chi connectivity index (χ4v) is 5.06. The summed E-state index contributed by atoms with van der Waals surface area (Å²) in [6, 6.07) is 6.77. The van der Waals surface area contributed by atoms with Gasteiger partial charge in [0.1, 0.15) is 10.6 Å². The van der Waals surface area contributed by atoms with E-state index in [4.69, 9.17) is 4.74 Å². The predicted molar refractivity (Wildman–Crippen MR) is 104 cm³/mol. The minimum atomic E-state index is -3.98. The van der Waals surface area contributed by atoms with Gasteiger partial charge in [0.05, 0.1) is 18.4 Å². The molecule has 2 N–H and O–H groups in total. The molecule has 1 saturated heterocycles. The molecular formula is C19H25N3O4S. The highest BCUT2D eigenvalue weighted by Crippen LogP contribution is 2.31. The number of amides is 1. The number of sulfonamides is 1. The number of methoxy groups -OCH3 is 1. The third-order valence-corrected chi connectivity index (χ3v) is 6.33. The number of H-pyrrole nitrogens is 1. The van der Waals surface area contributed by atoms with Crippen molar-refractivity contribution in [3.63, 3.8) is 0 Å². The van der Waals surface area contributed by atoms with Gasteiger partial charge in [0.15, 0.2) is 0 Å². The summed E-state index contributed by atoms with van der Waals surface area (Å²) < 4.78 is 34.1. The first-order chi connectivity index (χ1) is 12.8. The van der Waals surface area contributed by atoms with Gasteiger partial charge in [0.2, 0.25) is 0 Å². The number of aromatic nitrogens is 1. The second kappa shape index (κ2) is 7.64. The molecule has 0 unspecified atom stereocenters. The van der Waals surface area contributed by atoms with E-state index in [0.29, 0.717) is 35.9 Å². The number of rotatable bonds is 5. The van der Waals surface area contributed by atoms with Gasteiger partial charge < -0.3 is 14.6 Å². The van der Waals surface area contributed by atoms with Crippen molar-refractivity contribution in [1.29, 1.82) is 0 Å². The molecule has 27 heavy (non-hydrogen) atoms. The van der Waals surface area contributed by atoms with Crippen LogP contribution >= 0.6 is 0 Å². The molecular weight excluding hydrogens is 366 g/mol. The second-order valence-electron chi connectivity index (χ2n) is 6.74. The van der Waals surface area contributed by atoms with Gasteiger partial charge in [-0.05, 0) is 45.2 Å². The van der Waals surface area contributed by atoms with Gasteiger partial charge in [0, 0.05) is 24.5 Å². The van der Waals surface area contributed by atoms with Crippen molar-refractivity contribution in [2.24, 2.45) is 0 Å². The lowest BCUT2D eigenvalue weighted by molar-refractivity contribution is 0.0720. The number of hydrogen-bond acceptors (Lipinski definition) is 4. The van der Waals surface area contributed by atoms with Crippen LogP contribution < -0.4 is 9.46 Å². The molecule has 1 amide bonds. The van der Waals surface area contributed by atoms with Gasteiger partial charge in [-0.25, -0.2) is 8.42 Å². The Morgan fingerprint density at radius 2 is 1.78 bits per heavy atom. The molecule has 0 aliphatic carbocycles. The van der Waals surface area contributed by atoms with Crippen molar-refractivity contribution in [3.05, 3.63) is 41.2 Å². The SMILES string of the molecule is COc1ccccc1NS(=O)(=O)c1c(C)[nH]c(C)c1C(=O)N1CCCCC1. The number of aryl methyl sites for hydroxylation is 2. The highest BCUT2D eigenvalue weighted by Gasteiger charge is 2.32. The standard InChI is InChI=1S/C19H25N3O4S/c1-13-17(19(23)22-11-7-4-8-12-22)18(14(2)20-13)27(24,25)21-15-9-5-6-10-16(15)26-3/h5-6,9-10,20-21H,4,7-8,11-12H2,1-3H3. The van der Waals surface area contributed by atoms with Crippen LogP contribution in [0, 0.1) is 13.8 Å². The zero-order valence-electron chi connectivity index (χ0n) is 15.8. The number of ether oxygens (including phenoxy) is 1. The smallest absolute Gasteiger partial charge is 0.264 e. The quantitative estimate of drug-likeness (QED) is 0.819. The number of benzene rings is 1. The van der Waals surface area contributed by atoms with Crippen molar-refractivity contribution in [2.75, 3.05) is 24.9 Å². The summed E-state index contributed by atoms with van der Waals surface area (Å²) in [7, 11) is -2.50. The Kier molecular flexibility index (Phi) is 5.46. The lowest BCUT2D eigenvalue weighted by atomic mass is 10.1. The van der Waals surface area contributed by atoms with Crippen molar-refractivity contribution in [1.82, 2.24) is 9.88 Å². The highest BCUT2D eigenvalue weighted by atomic mass is 32.2. The molecule has 8 heteroatoms. The number of aromatic amines is 1. The number of para-hydroxylation sites is 2. The first kappa shape index (κ1) is 19.3. The van der Waals surface area contributed by atoms with Crippen LogP contribution in [0.1, 0.15) is 41.0 Å². The van der Waals surface area contributed by atoms with Crippen LogP contribution in [-0.2, 0) is 10.0 Å². The molecule has 1 aliphatic heterocycles. The Balaban J connectivity index is 2.01. The number of likely N-dealkylation sites (tertiary alicyclic amines) is 1. The molecule has 1 fully saturated rings. The Morgan fingerprint density at radius 3 is 2.44 bits per heavy atom. The van der Waals surface area contributed by atoms with Gasteiger partial charge in [0.25, 0.3) is 15.9 Å². The molecule has 2 heterocycles. The largest absolute Gasteiger partial charge is 0.495 e. The van der Waals surface area contributed by atoms with Crippen molar-refractivity contribution >= 4 is 21.6 Å². The third-order valence-electron chi connectivity index (χ3n) is 4.79. The zero-order valence-corrected chi connectivity index (χ0v) is 16.6. The van der Waals surface area contributed by atoms with Crippen LogP contribution in [0.4, 0.5) is 5.69 Å². The average Bonchev–Trinajstić information content (AvgIpc) is 2.96. The van der Waals surface area contributed by atoms with Crippen molar-refractivity contribution in [3.8, 4) is 5.75 Å². The number of anilines is 1. The molecule has 1 aliphatic rings. The molecule has 146 valence electrons. The van der Waals surface area contributed by atoms with Crippen molar-refractivity contribution < 1.29 is 17.9 Å². The summed E-state index contributed by atoms with van der Waals surface area (Å²) >= 11 is 0. The van der Waals surface area contributed by atoms with Gasteiger partial charge in [-0.15, -0.1) is 0 Å². The normalized spacial score (nSPS) is 14.9. The van der Waals surface area contributed by atoms with Crippen LogP contribution in [0.5, 0.6) is 5.75 Å². The van der Waals surface area contributed by atoms with Crippen LogP contribution in [0.3, 0.4) is 0 Å². The number of nitrogens with one attached hydrogen (secondary N) is 2. The summed E-state index contributed by atoms with van der Waals surface area (Å²) in [5.74, 6) is 0.173. The molecule has 0 atom stereocenters. The Hall–Kier alpha value is -2.48. The van der Waals surface area contributed by atoms with E-state index in [1.165, 1.54) is 7.11 Å². The van der Waals surface area contributed by atoms with Gasteiger partial charge in [-0.1, -0.05) is 12.1 Å². The van der Waals surface area contributed by atoms with E-state index in [9.17, 15) is 13.2 Å². The fraction of sp³-hybridized carbons (Fsp3) is 0.421. The molecule has 3 rings (SSSR count). The van der Waals surface area contributed by atoms with E-state index in [-0.39, 0.29) is 16.4 Å². The maximum atomic E-state index is 13.2. The average molecular weight is 391 g/mol. The van der Waals surface area contributed by atoms with Crippen LogP contribution in [0.2, 0.25) is 0 Å². The van der Waals surface area contributed by atoms with E-state index in [2.05, 4.69) is 9.71 Å². The lowest BCUT2D eigenvalue weighted by Crippen LogP contribution is -2.36. The summed E-state index contributed by atoms with van der Waals surface area (Å²) in [6.07, 6.45) is 2.97. The second-order valence-corrected chi connectivity index (χ2v) is 8.36. The summed E-state index contributed by atoms with van der Waals surface area (Å²) in [4.78, 5) is 17.8. The molecule has 0 bridgehead atoms. The zero-order chi connectivity index (χ0) is 19.6. The monoisotopic (exact) mass is 391 g/mol. The van der Waals surface area contributed by atoms with Crippen LogP contribution in [-0.4, -0.2) is 44.4 Å². The molecule has 0 spiro atoms. The predicted octanol–water partition coefficient (Wildman–Crippen LogP) is 3.07. The van der Waals surface area contributed by atoms with E-state index in [0.717, 1.165) is 19.3 Å². The van der Waals surface area contributed by atoms with Crippen LogP contribution in [0.15, 0.2) is 29.2 Å². The number of carbonyl (C=O) groups excluding carboxylic acids is 1. The maximum Gasteiger partial charge on any atom is 0.264 e. The fourth-order valence-electron chi connectivity index (χ4n) is 3.53. The third kappa shape index (κ3) is 3.80.